The molecule has 0 radical (unpaired) electrons. The maximum atomic E-state index is 10.8. The number of unbranched alkanes of at least 4 members (excludes halogenated alkanes) is 7. The standard InChI is InChI=1S/C13H29NOS/c1-3-4-5-6-7-8-9-10-11-14-12-13-16(2)15/h14H,3-13H2,1-2H3. The lowest BCUT2D eigenvalue weighted by Crippen LogP contribution is -2.21. The summed E-state index contributed by atoms with van der Waals surface area (Å²) in [6.45, 7) is 4.25. The Labute approximate surface area is 104 Å². The molecule has 1 N–H and O–H groups in total. The van der Waals surface area contributed by atoms with Gasteiger partial charge in [-0.3, -0.25) is 4.21 Å². The summed E-state index contributed by atoms with van der Waals surface area (Å²) in [5, 5.41) is 3.33. The zero-order valence-electron chi connectivity index (χ0n) is 11.1. The molecule has 0 aliphatic rings. The van der Waals surface area contributed by atoms with Gasteiger partial charge in [0.1, 0.15) is 0 Å². The van der Waals surface area contributed by atoms with Crippen LogP contribution in [-0.4, -0.2) is 29.3 Å². The summed E-state index contributed by atoms with van der Waals surface area (Å²) in [5.41, 5.74) is 0. The van der Waals surface area contributed by atoms with E-state index in [2.05, 4.69) is 12.2 Å². The van der Waals surface area contributed by atoms with Crippen LogP contribution in [0.2, 0.25) is 0 Å². The molecule has 0 rings (SSSR count). The molecule has 0 spiro atoms. The molecule has 2 nitrogen and oxygen atoms in total. The van der Waals surface area contributed by atoms with Gasteiger partial charge in [0.2, 0.25) is 0 Å². The first-order valence-corrected chi connectivity index (χ1v) is 8.50. The van der Waals surface area contributed by atoms with E-state index in [9.17, 15) is 4.21 Å². The van der Waals surface area contributed by atoms with Gasteiger partial charge in [0.15, 0.2) is 0 Å². The van der Waals surface area contributed by atoms with Crippen LogP contribution >= 0.6 is 0 Å². The second-order valence-electron chi connectivity index (χ2n) is 4.50. The first-order chi connectivity index (χ1) is 7.77. The molecule has 0 aromatic heterocycles. The van der Waals surface area contributed by atoms with Crippen LogP contribution in [0.1, 0.15) is 58.3 Å². The second-order valence-corrected chi connectivity index (χ2v) is 6.06. The van der Waals surface area contributed by atoms with Gasteiger partial charge in [-0.1, -0.05) is 51.9 Å². The predicted octanol–water partition coefficient (Wildman–Crippen LogP) is 3.10. The Kier molecular flexibility index (Phi) is 13.3. The van der Waals surface area contributed by atoms with Gasteiger partial charge in [0, 0.05) is 29.4 Å². The van der Waals surface area contributed by atoms with E-state index in [0.29, 0.717) is 0 Å². The molecule has 1 atom stereocenters. The summed E-state index contributed by atoms with van der Waals surface area (Å²) < 4.78 is 10.8. The first-order valence-electron chi connectivity index (χ1n) is 6.78. The van der Waals surface area contributed by atoms with Crippen LogP contribution in [0.25, 0.3) is 0 Å². The molecule has 98 valence electrons. The van der Waals surface area contributed by atoms with E-state index < -0.39 is 10.8 Å². The summed E-state index contributed by atoms with van der Waals surface area (Å²) in [4.78, 5) is 0. The lowest BCUT2D eigenvalue weighted by Gasteiger charge is -2.03. The van der Waals surface area contributed by atoms with Gasteiger partial charge in [-0.05, 0) is 13.0 Å². The molecule has 0 aromatic rings. The topological polar surface area (TPSA) is 29.1 Å². The van der Waals surface area contributed by atoms with Crippen molar-refractivity contribution in [2.45, 2.75) is 58.3 Å². The average Bonchev–Trinajstić information content (AvgIpc) is 2.25. The van der Waals surface area contributed by atoms with Gasteiger partial charge in [0.25, 0.3) is 0 Å². The molecule has 0 bridgehead atoms. The van der Waals surface area contributed by atoms with Crippen LogP contribution in [0.15, 0.2) is 0 Å². The van der Waals surface area contributed by atoms with E-state index in [0.717, 1.165) is 18.8 Å². The van der Waals surface area contributed by atoms with Crippen LogP contribution in [0.4, 0.5) is 0 Å². The molecule has 0 amide bonds. The highest BCUT2D eigenvalue weighted by Crippen LogP contribution is 2.07. The normalized spacial score (nSPS) is 12.9. The van der Waals surface area contributed by atoms with Crippen molar-refractivity contribution in [1.82, 2.24) is 5.32 Å². The van der Waals surface area contributed by atoms with Gasteiger partial charge in [-0.25, -0.2) is 0 Å². The zero-order valence-corrected chi connectivity index (χ0v) is 11.9. The fourth-order valence-corrected chi connectivity index (χ4v) is 2.16. The Morgan fingerprint density at radius 1 is 0.875 bits per heavy atom. The maximum Gasteiger partial charge on any atom is 0.0357 e. The van der Waals surface area contributed by atoms with Crippen molar-refractivity contribution in [3.05, 3.63) is 0 Å². The highest BCUT2D eigenvalue weighted by Gasteiger charge is 1.93. The lowest BCUT2D eigenvalue weighted by molar-refractivity contribution is 0.560. The monoisotopic (exact) mass is 247 g/mol. The highest BCUT2D eigenvalue weighted by molar-refractivity contribution is 7.84. The fraction of sp³-hybridized carbons (Fsp3) is 1.00. The maximum absolute atomic E-state index is 10.8. The highest BCUT2D eigenvalue weighted by atomic mass is 32.2. The van der Waals surface area contributed by atoms with Crippen LogP contribution in [0.5, 0.6) is 0 Å². The molecule has 0 aliphatic carbocycles. The molecule has 16 heavy (non-hydrogen) atoms. The fourth-order valence-electron chi connectivity index (χ4n) is 1.72. The zero-order chi connectivity index (χ0) is 12.1. The summed E-state index contributed by atoms with van der Waals surface area (Å²) in [6, 6.07) is 0. The molecular weight excluding hydrogens is 218 g/mol. The lowest BCUT2D eigenvalue weighted by atomic mass is 10.1. The minimum Gasteiger partial charge on any atom is -0.316 e. The molecule has 3 heteroatoms. The SMILES string of the molecule is CCCCCCCCCCNCCS(C)=O. The Bertz CT molecular complexity index is 162. The Morgan fingerprint density at radius 2 is 1.44 bits per heavy atom. The van der Waals surface area contributed by atoms with Gasteiger partial charge < -0.3 is 5.32 Å². The molecule has 0 aromatic carbocycles. The quantitative estimate of drug-likeness (QED) is 0.537. The van der Waals surface area contributed by atoms with Crippen molar-refractivity contribution in [3.8, 4) is 0 Å². The summed E-state index contributed by atoms with van der Waals surface area (Å²) >= 11 is 0. The summed E-state index contributed by atoms with van der Waals surface area (Å²) in [6.07, 6.45) is 12.7. The number of rotatable bonds is 12. The first kappa shape index (κ1) is 16.1. The van der Waals surface area contributed by atoms with Gasteiger partial charge in [-0.2, -0.15) is 0 Å². The molecule has 1 unspecified atom stereocenters. The summed E-state index contributed by atoms with van der Waals surface area (Å²) in [7, 11) is -0.642. The predicted molar refractivity (Wildman–Crippen MR) is 74.4 cm³/mol. The number of hydrogen-bond donors (Lipinski definition) is 1. The van der Waals surface area contributed by atoms with Crippen molar-refractivity contribution in [2.24, 2.45) is 0 Å². The van der Waals surface area contributed by atoms with Crippen LogP contribution in [0.3, 0.4) is 0 Å². The minimum atomic E-state index is -0.642. The average molecular weight is 247 g/mol. The van der Waals surface area contributed by atoms with Crippen molar-refractivity contribution < 1.29 is 4.21 Å². The van der Waals surface area contributed by atoms with E-state index in [-0.39, 0.29) is 0 Å². The summed E-state index contributed by atoms with van der Waals surface area (Å²) in [5.74, 6) is 0.789. The third-order valence-corrected chi connectivity index (χ3v) is 3.55. The Morgan fingerprint density at radius 3 is 2.00 bits per heavy atom. The smallest absolute Gasteiger partial charge is 0.0357 e. The van der Waals surface area contributed by atoms with Crippen LogP contribution in [0, 0.1) is 0 Å². The second kappa shape index (κ2) is 13.2. The van der Waals surface area contributed by atoms with E-state index >= 15 is 0 Å². The van der Waals surface area contributed by atoms with Crippen molar-refractivity contribution >= 4 is 10.8 Å². The molecule has 0 heterocycles. The van der Waals surface area contributed by atoms with Crippen molar-refractivity contribution in [3.63, 3.8) is 0 Å². The van der Waals surface area contributed by atoms with E-state index in [1.165, 1.54) is 51.4 Å². The van der Waals surface area contributed by atoms with E-state index in [4.69, 9.17) is 0 Å². The molecule has 0 fully saturated rings. The number of hydrogen-bond acceptors (Lipinski definition) is 2. The van der Waals surface area contributed by atoms with Gasteiger partial charge in [-0.15, -0.1) is 0 Å². The molecule has 0 saturated heterocycles. The van der Waals surface area contributed by atoms with E-state index in [1.807, 2.05) is 0 Å². The number of nitrogens with one attached hydrogen (secondary N) is 1. The van der Waals surface area contributed by atoms with Crippen LogP contribution < -0.4 is 5.32 Å². The van der Waals surface area contributed by atoms with Crippen molar-refractivity contribution in [1.29, 1.82) is 0 Å². The third kappa shape index (κ3) is 14.1. The van der Waals surface area contributed by atoms with E-state index in [1.54, 1.807) is 6.26 Å². The third-order valence-electron chi connectivity index (χ3n) is 2.77. The molecule has 0 aliphatic heterocycles. The largest absolute Gasteiger partial charge is 0.316 e. The minimum absolute atomic E-state index is 0.642. The van der Waals surface area contributed by atoms with Gasteiger partial charge in [0.05, 0.1) is 0 Å². The molecule has 0 saturated carbocycles. The van der Waals surface area contributed by atoms with Gasteiger partial charge >= 0.3 is 0 Å². The Balaban J connectivity index is 2.90. The Hall–Kier alpha value is 0.110. The van der Waals surface area contributed by atoms with Crippen LogP contribution in [-0.2, 0) is 10.8 Å². The molecular formula is C13H29NOS. The van der Waals surface area contributed by atoms with Crippen molar-refractivity contribution in [2.75, 3.05) is 25.1 Å².